The summed E-state index contributed by atoms with van der Waals surface area (Å²) in [5.41, 5.74) is 7.11. The van der Waals surface area contributed by atoms with Crippen molar-refractivity contribution in [3.8, 4) is 5.75 Å². The van der Waals surface area contributed by atoms with Crippen molar-refractivity contribution >= 4 is 12.1 Å². The molecule has 1 aliphatic rings. The summed E-state index contributed by atoms with van der Waals surface area (Å²) in [4.78, 5) is 20.0. The molecule has 0 unspecified atom stereocenters. The number of rotatable bonds is 9. The molecule has 162 valence electrons. The lowest BCUT2D eigenvalue weighted by atomic mass is 10.1. The highest BCUT2D eigenvalue weighted by molar-refractivity contribution is 5.78. The van der Waals surface area contributed by atoms with Crippen LogP contribution in [0.4, 0.5) is 4.79 Å². The van der Waals surface area contributed by atoms with Gasteiger partial charge in [0.05, 0.1) is 19.8 Å². The van der Waals surface area contributed by atoms with E-state index in [-0.39, 0.29) is 12.1 Å². The molecular weight excluding hydrogens is 370 g/mol. The Morgan fingerprint density at radius 3 is 2.59 bits per heavy atom. The third-order valence-corrected chi connectivity index (χ3v) is 4.75. The van der Waals surface area contributed by atoms with Crippen LogP contribution in [0.1, 0.15) is 31.7 Å². The molecule has 3 N–H and O–H groups in total. The molecule has 0 aromatic heterocycles. The summed E-state index contributed by atoms with van der Waals surface area (Å²) in [6.45, 7) is 5.79. The van der Waals surface area contributed by atoms with Crippen LogP contribution in [0.2, 0.25) is 0 Å². The van der Waals surface area contributed by atoms with Gasteiger partial charge in [-0.2, -0.15) is 0 Å². The number of piperidine rings is 1. The third kappa shape index (κ3) is 8.60. The summed E-state index contributed by atoms with van der Waals surface area (Å²) >= 11 is 0. The van der Waals surface area contributed by atoms with Gasteiger partial charge >= 0.3 is 6.09 Å². The molecule has 0 spiro atoms. The molecule has 1 amide bonds. The first-order chi connectivity index (χ1) is 14.0. The number of nitrogens with two attached hydrogens (primary N) is 1. The van der Waals surface area contributed by atoms with Crippen LogP contribution >= 0.6 is 0 Å². The zero-order chi connectivity index (χ0) is 21.1. The highest BCUT2D eigenvalue weighted by Crippen LogP contribution is 2.14. The Morgan fingerprint density at radius 2 is 1.97 bits per heavy atom. The SMILES string of the molecule is CCOC(=O)N1CCC(NC(N)=NCc2ccc(OCCCN(C)C)cc2)CC1. The number of nitrogens with one attached hydrogen (secondary N) is 1. The standard InChI is InChI=1S/C21H35N5O3/c1-4-28-21(27)26-13-10-18(11-14-26)24-20(22)23-16-17-6-8-19(9-7-17)29-15-5-12-25(2)3/h6-9,18H,4-5,10-16H2,1-3H3,(H3,22,23,24). The highest BCUT2D eigenvalue weighted by Gasteiger charge is 2.23. The van der Waals surface area contributed by atoms with E-state index in [0.717, 1.165) is 37.1 Å². The summed E-state index contributed by atoms with van der Waals surface area (Å²) in [7, 11) is 4.12. The first kappa shape index (κ1) is 22.8. The monoisotopic (exact) mass is 405 g/mol. The molecule has 1 aromatic carbocycles. The number of carbonyl (C=O) groups is 1. The Labute approximate surface area is 174 Å². The molecule has 2 rings (SSSR count). The van der Waals surface area contributed by atoms with Gasteiger partial charge < -0.3 is 30.3 Å². The maximum Gasteiger partial charge on any atom is 0.409 e. The Kier molecular flexibility index (Phi) is 9.56. The number of nitrogens with zero attached hydrogens (tertiary/aromatic N) is 3. The van der Waals surface area contributed by atoms with E-state index in [1.807, 2.05) is 31.2 Å². The zero-order valence-electron chi connectivity index (χ0n) is 17.9. The third-order valence-electron chi connectivity index (χ3n) is 4.75. The minimum Gasteiger partial charge on any atom is -0.494 e. The number of likely N-dealkylation sites (tertiary alicyclic amines) is 1. The van der Waals surface area contributed by atoms with Crippen molar-refractivity contribution in [1.29, 1.82) is 0 Å². The fourth-order valence-electron chi connectivity index (χ4n) is 3.11. The Balaban J connectivity index is 1.69. The summed E-state index contributed by atoms with van der Waals surface area (Å²) in [5.74, 6) is 1.31. The Hall–Kier alpha value is -2.48. The van der Waals surface area contributed by atoms with E-state index in [4.69, 9.17) is 15.2 Å². The summed E-state index contributed by atoms with van der Waals surface area (Å²) in [6.07, 6.45) is 2.42. The second kappa shape index (κ2) is 12.2. The van der Waals surface area contributed by atoms with Crippen molar-refractivity contribution in [1.82, 2.24) is 15.1 Å². The van der Waals surface area contributed by atoms with Crippen LogP contribution in [0.15, 0.2) is 29.3 Å². The molecule has 8 heteroatoms. The van der Waals surface area contributed by atoms with Crippen molar-refractivity contribution in [2.45, 2.75) is 38.8 Å². The molecule has 1 fully saturated rings. The van der Waals surface area contributed by atoms with Crippen molar-refractivity contribution < 1.29 is 14.3 Å². The second-order valence-corrected chi connectivity index (χ2v) is 7.46. The number of ether oxygens (including phenoxy) is 2. The molecule has 1 saturated heterocycles. The number of amides is 1. The van der Waals surface area contributed by atoms with Crippen molar-refractivity contribution in [2.24, 2.45) is 10.7 Å². The average molecular weight is 406 g/mol. The van der Waals surface area contributed by atoms with Crippen LogP contribution in [0.3, 0.4) is 0 Å². The van der Waals surface area contributed by atoms with Crippen LogP contribution in [0.25, 0.3) is 0 Å². The molecule has 29 heavy (non-hydrogen) atoms. The van der Waals surface area contributed by atoms with Crippen LogP contribution in [0.5, 0.6) is 5.75 Å². The van der Waals surface area contributed by atoms with Gasteiger partial charge in [0, 0.05) is 25.7 Å². The zero-order valence-corrected chi connectivity index (χ0v) is 17.9. The molecule has 8 nitrogen and oxygen atoms in total. The van der Waals surface area contributed by atoms with Gasteiger partial charge in [-0.3, -0.25) is 0 Å². The van der Waals surface area contributed by atoms with E-state index in [9.17, 15) is 4.79 Å². The predicted octanol–water partition coefficient (Wildman–Crippen LogP) is 2.04. The smallest absolute Gasteiger partial charge is 0.409 e. The maximum absolute atomic E-state index is 11.7. The van der Waals surface area contributed by atoms with Gasteiger partial charge in [0.25, 0.3) is 0 Å². The van der Waals surface area contributed by atoms with Crippen molar-refractivity contribution in [3.05, 3.63) is 29.8 Å². The summed E-state index contributed by atoms with van der Waals surface area (Å²) in [6, 6.07) is 8.18. The lowest BCUT2D eigenvalue weighted by molar-refractivity contribution is 0.0963. The fraction of sp³-hybridized carbons (Fsp3) is 0.619. The van der Waals surface area contributed by atoms with Gasteiger partial charge in [0.15, 0.2) is 5.96 Å². The first-order valence-corrected chi connectivity index (χ1v) is 10.3. The highest BCUT2D eigenvalue weighted by atomic mass is 16.6. The predicted molar refractivity (Wildman–Crippen MR) is 115 cm³/mol. The largest absolute Gasteiger partial charge is 0.494 e. The molecule has 0 bridgehead atoms. The molecule has 1 aliphatic heterocycles. The number of guanidine groups is 1. The number of aliphatic imine (C=N–C) groups is 1. The average Bonchev–Trinajstić information content (AvgIpc) is 2.71. The van der Waals surface area contributed by atoms with Gasteiger partial charge in [-0.25, -0.2) is 9.79 Å². The van der Waals surface area contributed by atoms with Crippen molar-refractivity contribution in [2.75, 3.05) is 46.9 Å². The molecule has 0 radical (unpaired) electrons. The molecule has 0 aliphatic carbocycles. The van der Waals surface area contributed by atoms with E-state index < -0.39 is 0 Å². The molecule has 0 atom stereocenters. The second-order valence-electron chi connectivity index (χ2n) is 7.46. The number of hydrogen-bond donors (Lipinski definition) is 2. The van der Waals surface area contributed by atoms with Crippen molar-refractivity contribution in [3.63, 3.8) is 0 Å². The van der Waals surface area contributed by atoms with Crippen LogP contribution < -0.4 is 15.8 Å². The van der Waals surface area contributed by atoms with E-state index >= 15 is 0 Å². The van der Waals surface area contributed by atoms with Gasteiger partial charge in [-0.15, -0.1) is 0 Å². The number of hydrogen-bond acceptors (Lipinski definition) is 5. The summed E-state index contributed by atoms with van der Waals surface area (Å²) < 4.78 is 10.8. The van der Waals surface area contributed by atoms with E-state index in [1.165, 1.54) is 0 Å². The lowest BCUT2D eigenvalue weighted by Crippen LogP contribution is -2.48. The minimum atomic E-state index is -0.238. The maximum atomic E-state index is 11.7. The molecule has 0 saturated carbocycles. The van der Waals surface area contributed by atoms with Gasteiger partial charge in [-0.1, -0.05) is 12.1 Å². The Bertz CT molecular complexity index is 640. The molecule has 1 aromatic rings. The van der Waals surface area contributed by atoms with Gasteiger partial charge in [-0.05, 0) is 58.0 Å². The minimum absolute atomic E-state index is 0.224. The Morgan fingerprint density at radius 1 is 1.28 bits per heavy atom. The number of benzene rings is 1. The van der Waals surface area contributed by atoms with E-state index in [2.05, 4.69) is 29.3 Å². The van der Waals surface area contributed by atoms with Crippen LogP contribution in [-0.4, -0.2) is 74.8 Å². The number of carbonyl (C=O) groups excluding carboxylic acids is 1. The fourth-order valence-corrected chi connectivity index (χ4v) is 3.11. The van der Waals surface area contributed by atoms with Crippen LogP contribution in [-0.2, 0) is 11.3 Å². The molecule has 1 heterocycles. The summed E-state index contributed by atoms with van der Waals surface area (Å²) in [5, 5.41) is 3.26. The lowest BCUT2D eigenvalue weighted by Gasteiger charge is -2.31. The normalized spacial score (nSPS) is 15.4. The van der Waals surface area contributed by atoms with Gasteiger partial charge in [0.2, 0.25) is 0 Å². The quantitative estimate of drug-likeness (QED) is 0.371. The van der Waals surface area contributed by atoms with Crippen LogP contribution in [0, 0.1) is 0 Å². The molecular formula is C21H35N5O3. The topological polar surface area (TPSA) is 92.4 Å². The first-order valence-electron chi connectivity index (χ1n) is 10.3. The van der Waals surface area contributed by atoms with E-state index in [0.29, 0.717) is 38.8 Å². The van der Waals surface area contributed by atoms with Gasteiger partial charge in [0.1, 0.15) is 5.75 Å². The van der Waals surface area contributed by atoms with E-state index in [1.54, 1.807) is 4.90 Å².